The van der Waals surface area contributed by atoms with Gasteiger partial charge in [0.05, 0.1) is 46.7 Å². The lowest BCUT2D eigenvalue weighted by Gasteiger charge is -2.19. The summed E-state index contributed by atoms with van der Waals surface area (Å²) in [6, 6.07) is 54.1. The summed E-state index contributed by atoms with van der Waals surface area (Å²) in [5, 5.41) is 29.0. The predicted molar refractivity (Wildman–Crippen MR) is 266 cm³/mol. The van der Waals surface area contributed by atoms with Crippen LogP contribution in [0.15, 0.2) is 158 Å². The number of fused-ring (bicyclic) bond motifs is 6. The number of phenolic OH excluding ortho intramolecular Hbond substituents is 2. The fourth-order valence-electron chi connectivity index (χ4n) is 9.33. The van der Waals surface area contributed by atoms with Crippen LogP contribution in [0.25, 0.3) is 77.2 Å². The third-order valence-electron chi connectivity index (χ3n) is 12.4. The predicted octanol–water partition coefficient (Wildman–Crippen LogP) is 14.9. The molecule has 2 aromatic heterocycles. The van der Waals surface area contributed by atoms with E-state index in [0.717, 1.165) is 112 Å². The highest BCUT2D eigenvalue weighted by Gasteiger charge is 2.22. The number of rotatable bonds is 12. The van der Waals surface area contributed by atoms with E-state index in [1.165, 1.54) is 0 Å². The molecule has 0 bridgehead atoms. The zero-order valence-corrected chi connectivity index (χ0v) is 36.2. The summed E-state index contributed by atoms with van der Waals surface area (Å²) in [5.74, 6) is 1.82. The molecule has 6 heteroatoms. The molecule has 0 aliphatic carbocycles. The van der Waals surface area contributed by atoms with E-state index in [2.05, 4.69) is 146 Å². The Balaban J connectivity index is 0.00000518. The number of aryl methyl sites for hydroxylation is 4. The van der Waals surface area contributed by atoms with Crippen LogP contribution in [0, 0.1) is 13.8 Å². The van der Waals surface area contributed by atoms with E-state index in [0.29, 0.717) is 31.1 Å². The highest BCUT2D eigenvalue weighted by molar-refractivity contribution is 6.10. The van der Waals surface area contributed by atoms with Crippen LogP contribution in [0.2, 0.25) is 0 Å². The Morgan fingerprint density at radius 1 is 0.422 bits per heavy atom. The van der Waals surface area contributed by atoms with E-state index in [1.54, 1.807) is 0 Å². The van der Waals surface area contributed by atoms with Gasteiger partial charge < -0.3 is 28.8 Å². The molecule has 6 nitrogen and oxygen atoms in total. The fraction of sp³-hybridized carbons (Fsp3) is 0.172. The molecule has 2 N–H and O–H groups in total. The number of ether oxygens (including phenoxy) is 2. The third kappa shape index (κ3) is 7.29. The van der Waals surface area contributed by atoms with Crippen molar-refractivity contribution in [1.82, 2.24) is 9.13 Å². The molecule has 0 saturated carbocycles. The number of hydrogen-bond donors (Lipinski definition) is 2. The quantitative estimate of drug-likeness (QED) is 0.120. The summed E-state index contributed by atoms with van der Waals surface area (Å²) in [6.45, 7) is 9.23. The standard InChI is InChI=1S/C57H50N2O4.CH4/c1-5-38-24-26-54(44(34-38)46-30-36(3)32-52(56(46)60)58-48-20-11-7-16-40(48)41-17-8-12-21-49(41)58)62-28-15-29-63-55-27-25-39(6-2)35-45(55)47-31-37(4)33-53(57(47)61)59-50-22-13-9-18-42(50)43-19-10-14-23-51(43)59;/h7-14,16-27,30-35,60-61H,5-6,15,28-29H2,1-4H3;1H4. The normalized spacial score (nSPS) is 11.4. The monoisotopic (exact) mass is 842 g/mol. The Morgan fingerprint density at radius 3 is 1.11 bits per heavy atom. The van der Waals surface area contributed by atoms with Crippen molar-refractivity contribution in [1.29, 1.82) is 0 Å². The summed E-state index contributed by atoms with van der Waals surface area (Å²) in [6.07, 6.45) is 2.31. The Morgan fingerprint density at radius 2 is 0.766 bits per heavy atom. The van der Waals surface area contributed by atoms with Gasteiger partial charge in [-0.05, 0) is 122 Å². The molecule has 0 atom stereocenters. The minimum Gasteiger partial charge on any atom is -0.505 e. The molecule has 10 aromatic rings. The molecule has 2 heterocycles. The van der Waals surface area contributed by atoms with Crippen LogP contribution in [-0.4, -0.2) is 32.6 Å². The molecule has 0 amide bonds. The summed E-state index contributed by atoms with van der Waals surface area (Å²) in [7, 11) is 0. The molecule has 0 fully saturated rings. The summed E-state index contributed by atoms with van der Waals surface area (Å²) < 4.78 is 17.5. The minimum atomic E-state index is 0. The first-order valence-electron chi connectivity index (χ1n) is 22.0. The van der Waals surface area contributed by atoms with Crippen molar-refractivity contribution in [2.24, 2.45) is 0 Å². The van der Waals surface area contributed by atoms with E-state index >= 15 is 0 Å². The molecule has 0 radical (unpaired) electrons. The van der Waals surface area contributed by atoms with Crippen LogP contribution in [0.5, 0.6) is 23.0 Å². The Labute approximate surface area is 375 Å². The van der Waals surface area contributed by atoms with Gasteiger partial charge in [0.2, 0.25) is 0 Å². The Bertz CT molecular complexity index is 3020. The second-order valence-corrected chi connectivity index (χ2v) is 16.5. The average Bonchev–Trinajstić information content (AvgIpc) is 3.83. The third-order valence-corrected chi connectivity index (χ3v) is 12.4. The molecule has 0 aliphatic heterocycles. The van der Waals surface area contributed by atoms with Gasteiger partial charge in [0.1, 0.15) is 23.0 Å². The smallest absolute Gasteiger partial charge is 0.147 e. The van der Waals surface area contributed by atoms with Crippen molar-refractivity contribution in [2.45, 2.75) is 54.4 Å². The van der Waals surface area contributed by atoms with Crippen LogP contribution in [0.1, 0.15) is 49.9 Å². The first-order chi connectivity index (χ1) is 30.8. The van der Waals surface area contributed by atoms with Crippen molar-refractivity contribution in [3.8, 4) is 56.6 Å². The lowest BCUT2D eigenvalue weighted by Crippen LogP contribution is -2.07. The van der Waals surface area contributed by atoms with Gasteiger partial charge in [-0.1, -0.05) is 106 Å². The van der Waals surface area contributed by atoms with E-state index in [4.69, 9.17) is 9.47 Å². The van der Waals surface area contributed by atoms with E-state index in [-0.39, 0.29) is 18.9 Å². The van der Waals surface area contributed by atoms with Crippen molar-refractivity contribution in [3.05, 3.63) is 180 Å². The maximum atomic E-state index is 12.2. The number of phenols is 2. The van der Waals surface area contributed by atoms with Crippen molar-refractivity contribution >= 4 is 43.6 Å². The van der Waals surface area contributed by atoms with Crippen LogP contribution in [0.3, 0.4) is 0 Å². The molecule has 0 aliphatic rings. The topological polar surface area (TPSA) is 68.8 Å². The molecule has 0 saturated heterocycles. The molecule has 10 rings (SSSR count). The first kappa shape index (κ1) is 41.9. The molecular formula is C58H54N2O4. The maximum absolute atomic E-state index is 12.2. The van der Waals surface area contributed by atoms with Gasteiger partial charge in [-0.25, -0.2) is 0 Å². The zero-order chi connectivity index (χ0) is 43.2. The van der Waals surface area contributed by atoms with Gasteiger partial charge in [-0.15, -0.1) is 0 Å². The summed E-state index contributed by atoms with van der Waals surface area (Å²) in [4.78, 5) is 0. The average molecular weight is 843 g/mol. The number of aromatic nitrogens is 2. The van der Waals surface area contributed by atoms with Crippen molar-refractivity contribution in [2.75, 3.05) is 13.2 Å². The molecule has 0 unspecified atom stereocenters. The van der Waals surface area contributed by atoms with E-state index < -0.39 is 0 Å². The maximum Gasteiger partial charge on any atom is 0.147 e. The highest BCUT2D eigenvalue weighted by Crippen LogP contribution is 2.45. The van der Waals surface area contributed by atoms with Crippen molar-refractivity contribution < 1.29 is 19.7 Å². The SMILES string of the molecule is C.CCc1ccc(OCCCOc2ccc(CC)cc2-c2cc(C)cc(-n3c4ccccc4c4ccccc43)c2O)c(-c2cc(C)cc(-n3c4ccccc4c4ccccc43)c2O)c1. The number of nitrogens with zero attached hydrogens (tertiary/aromatic N) is 2. The lowest BCUT2D eigenvalue weighted by atomic mass is 9.97. The van der Waals surface area contributed by atoms with Crippen LogP contribution >= 0.6 is 0 Å². The second-order valence-electron chi connectivity index (χ2n) is 16.5. The van der Waals surface area contributed by atoms with Crippen LogP contribution in [0.4, 0.5) is 0 Å². The van der Waals surface area contributed by atoms with Crippen LogP contribution in [-0.2, 0) is 12.8 Å². The van der Waals surface area contributed by atoms with Gasteiger partial charge in [0.15, 0.2) is 0 Å². The molecule has 0 spiro atoms. The number of para-hydroxylation sites is 4. The molecule has 8 aromatic carbocycles. The zero-order valence-electron chi connectivity index (χ0n) is 36.2. The fourth-order valence-corrected chi connectivity index (χ4v) is 9.33. The molecule has 320 valence electrons. The molecule has 64 heavy (non-hydrogen) atoms. The van der Waals surface area contributed by atoms with Gasteiger partial charge >= 0.3 is 0 Å². The molecular weight excluding hydrogens is 789 g/mol. The summed E-state index contributed by atoms with van der Waals surface area (Å²) in [5.41, 5.74) is 13.2. The largest absolute Gasteiger partial charge is 0.505 e. The van der Waals surface area contributed by atoms with Crippen molar-refractivity contribution in [3.63, 3.8) is 0 Å². The number of aromatic hydroxyl groups is 2. The lowest BCUT2D eigenvalue weighted by molar-refractivity contribution is 0.248. The Kier molecular flexibility index (Phi) is 11.4. The second kappa shape index (κ2) is 17.4. The van der Waals surface area contributed by atoms with Gasteiger partial charge in [-0.3, -0.25) is 0 Å². The first-order valence-corrected chi connectivity index (χ1v) is 22.0. The number of hydrogen-bond acceptors (Lipinski definition) is 4. The van der Waals surface area contributed by atoms with Gasteiger partial charge in [0.25, 0.3) is 0 Å². The number of benzene rings is 8. The van der Waals surface area contributed by atoms with Gasteiger partial charge in [-0.2, -0.15) is 0 Å². The highest BCUT2D eigenvalue weighted by atomic mass is 16.5. The van der Waals surface area contributed by atoms with Gasteiger partial charge in [0, 0.05) is 50.2 Å². The summed E-state index contributed by atoms with van der Waals surface area (Å²) >= 11 is 0. The van der Waals surface area contributed by atoms with E-state index in [9.17, 15) is 10.2 Å². The van der Waals surface area contributed by atoms with E-state index in [1.807, 2.05) is 48.5 Å². The Hall–Kier alpha value is -7.44. The minimum absolute atomic E-state index is 0. The van der Waals surface area contributed by atoms with Crippen LogP contribution < -0.4 is 9.47 Å².